The first-order chi connectivity index (χ1) is 7.27. The standard InChI is InChI=1S/C11H15Cl2NO/c1-15-11-3-2-9(8-10(11)13)4-6-14-7-5-12/h2-3,8,14H,4-7H2,1H3. The molecule has 0 amide bonds. The molecule has 0 aromatic heterocycles. The van der Waals surface area contributed by atoms with E-state index in [1.807, 2.05) is 18.2 Å². The highest BCUT2D eigenvalue weighted by molar-refractivity contribution is 6.32. The van der Waals surface area contributed by atoms with Gasteiger partial charge in [0.05, 0.1) is 12.1 Å². The summed E-state index contributed by atoms with van der Waals surface area (Å²) >= 11 is 11.6. The van der Waals surface area contributed by atoms with Crippen molar-refractivity contribution in [3.8, 4) is 5.75 Å². The zero-order valence-corrected chi connectivity index (χ0v) is 10.2. The third-order valence-electron chi connectivity index (χ3n) is 2.08. The summed E-state index contributed by atoms with van der Waals surface area (Å²) in [6.07, 6.45) is 0.945. The Morgan fingerprint density at radius 3 is 2.73 bits per heavy atom. The Labute approximate surface area is 101 Å². The molecule has 0 saturated heterocycles. The lowest BCUT2D eigenvalue weighted by atomic mass is 10.1. The van der Waals surface area contributed by atoms with Crippen molar-refractivity contribution in [2.24, 2.45) is 0 Å². The Morgan fingerprint density at radius 2 is 2.13 bits per heavy atom. The van der Waals surface area contributed by atoms with E-state index < -0.39 is 0 Å². The number of rotatable bonds is 6. The van der Waals surface area contributed by atoms with E-state index in [2.05, 4.69) is 5.32 Å². The van der Waals surface area contributed by atoms with Crippen molar-refractivity contribution in [1.82, 2.24) is 5.32 Å². The molecule has 2 nitrogen and oxygen atoms in total. The Morgan fingerprint density at radius 1 is 1.33 bits per heavy atom. The maximum atomic E-state index is 6.00. The van der Waals surface area contributed by atoms with Crippen LogP contribution in [0.5, 0.6) is 5.75 Å². The molecule has 1 aromatic carbocycles. The van der Waals surface area contributed by atoms with Crippen LogP contribution in [0.4, 0.5) is 0 Å². The maximum Gasteiger partial charge on any atom is 0.137 e. The lowest BCUT2D eigenvalue weighted by Gasteiger charge is -2.06. The van der Waals surface area contributed by atoms with Gasteiger partial charge in [-0.05, 0) is 30.7 Å². The van der Waals surface area contributed by atoms with Gasteiger partial charge < -0.3 is 10.1 Å². The molecule has 4 heteroatoms. The quantitative estimate of drug-likeness (QED) is 0.617. The monoisotopic (exact) mass is 247 g/mol. The molecular weight excluding hydrogens is 233 g/mol. The zero-order valence-electron chi connectivity index (χ0n) is 8.72. The van der Waals surface area contributed by atoms with E-state index in [-0.39, 0.29) is 0 Å². The van der Waals surface area contributed by atoms with Crippen LogP contribution in [0.25, 0.3) is 0 Å². The van der Waals surface area contributed by atoms with E-state index in [1.54, 1.807) is 7.11 Å². The van der Waals surface area contributed by atoms with Gasteiger partial charge in [-0.25, -0.2) is 0 Å². The number of nitrogens with one attached hydrogen (secondary N) is 1. The summed E-state index contributed by atoms with van der Waals surface area (Å²) in [5.74, 6) is 1.36. The Balaban J connectivity index is 2.45. The Bertz CT molecular complexity index is 305. The fraction of sp³-hybridized carbons (Fsp3) is 0.455. The van der Waals surface area contributed by atoms with Crippen molar-refractivity contribution in [1.29, 1.82) is 0 Å². The fourth-order valence-corrected chi connectivity index (χ4v) is 1.70. The average Bonchev–Trinajstić information content (AvgIpc) is 2.25. The van der Waals surface area contributed by atoms with Gasteiger partial charge in [0, 0.05) is 12.4 Å². The van der Waals surface area contributed by atoms with Crippen LogP contribution in [0.15, 0.2) is 18.2 Å². The first-order valence-corrected chi connectivity index (χ1v) is 5.78. The summed E-state index contributed by atoms with van der Waals surface area (Å²) < 4.78 is 5.08. The molecule has 0 spiro atoms. The molecule has 0 heterocycles. The van der Waals surface area contributed by atoms with Gasteiger partial charge in [-0.1, -0.05) is 17.7 Å². The molecule has 0 saturated carbocycles. The molecule has 1 aromatic rings. The van der Waals surface area contributed by atoms with E-state index >= 15 is 0 Å². The van der Waals surface area contributed by atoms with Crippen molar-refractivity contribution < 1.29 is 4.74 Å². The fourth-order valence-electron chi connectivity index (χ4n) is 1.29. The molecule has 84 valence electrons. The summed E-state index contributed by atoms with van der Waals surface area (Å²) in [7, 11) is 1.61. The van der Waals surface area contributed by atoms with Gasteiger partial charge in [-0.15, -0.1) is 11.6 Å². The SMILES string of the molecule is COc1ccc(CCNCCCl)cc1Cl. The molecule has 0 aliphatic rings. The predicted octanol–water partition coefficient (Wildman–Crippen LogP) is 2.72. The second-order valence-electron chi connectivity index (χ2n) is 3.16. The topological polar surface area (TPSA) is 21.3 Å². The molecule has 0 unspecified atom stereocenters. The molecule has 0 bridgehead atoms. The van der Waals surface area contributed by atoms with Crippen LogP contribution in [0, 0.1) is 0 Å². The summed E-state index contributed by atoms with van der Waals surface area (Å²) in [5.41, 5.74) is 1.20. The minimum Gasteiger partial charge on any atom is -0.495 e. The van der Waals surface area contributed by atoms with Crippen molar-refractivity contribution in [2.75, 3.05) is 26.1 Å². The molecule has 0 fully saturated rings. The molecule has 0 radical (unpaired) electrons. The van der Waals surface area contributed by atoms with Crippen molar-refractivity contribution in [3.63, 3.8) is 0 Å². The number of benzene rings is 1. The van der Waals surface area contributed by atoms with Crippen LogP contribution in [-0.2, 0) is 6.42 Å². The van der Waals surface area contributed by atoms with Gasteiger partial charge in [0.25, 0.3) is 0 Å². The lowest BCUT2D eigenvalue weighted by Crippen LogP contribution is -2.19. The Hall–Kier alpha value is -0.440. The van der Waals surface area contributed by atoms with Gasteiger partial charge >= 0.3 is 0 Å². The summed E-state index contributed by atoms with van der Waals surface area (Å²) in [5, 5.41) is 3.88. The van der Waals surface area contributed by atoms with E-state index in [4.69, 9.17) is 27.9 Å². The normalized spacial score (nSPS) is 10.3. The second-order valence-corrected chi connectivity index (χ2v) is 3.94. The van der Waals surface area contributed by atoms with Gasteiger partial charge in [-0.3, -0.25) is 0 Å². The van der Waals surface area contributed by atoms with Crippen LogP contribution in [0.2, 0.25) is 5.02 Å². The molecule has 1 N–H and O–H groups in total. The lowest BCUT2D eigenvalue weighted by molar-refractivity contribution is 0.415. The predicted molar refractivity (Wildman–Crippen MR) is 65.3 cm³/mol. The van der Waals surface area contributed by atoms with Crippen molar-refractivity contribution in [3.05, 3.63) is 28.8 Å². The highest BCUT2D eigenvalue weighted by atomic mass is 35.5. The zero-order chi connectivity index (χ0) is 11.1. The van der Waals surface area contributed by atoms with Crippen LogP contribution in [0.3, 0.4) is 0 Å². The van der Waals surface area contributed by atoms with Crippen LogP contribution in [0.1, 0.15) is 5.56 Å². The number of ether oxygens (including phenoxy) is 1. The number of methoxy groups -OCH3 is 1. The molecule has 0 aliphatic heterocycles. The van der Waals surface area contributed by atoms with Gasteiger partial charge in [-0.2, -0.15) is 0 Å². The molecule has 0 aliphatic carbocycles. The number of halogens is 2. The minimum atomic E-state index is 0.642. The Kier molecular flexibility index (Phi) is 5.84. The summed E-state index contributed by atoms with van der Waals surface area (Å²) in [6.45, 7) is 1.75. The smallest absolute Gasteiger partial charge is 0.137 e. The second kappa shape index (κ2) is 6.94. The van der Waals surface area contributed by atoms with Gasteiger partial charge in [0.15, 0.2) is 0 Å². The molecule has 15 heavy (non-hydrogen) atoms. The maximum absolute atomic E-state index is 6.00. The van der Waals surface area contributed by atoms with Gasteiger partial charge in [0.1, 0.15) is 5.75 Å². The van der Waals surface area contributed by atoms with Crippen LogP contribution < -0.4 is 10.1 Å². The summed E-state index contributed by atoms with van der Waals surface area (Å²) in [4.78, 5) is 0. The summed E-state index contributed by atoms with van der Waals surface area (Å²) in [6, 6.07) is 5.84. The highest BCUT2D eigenvalue weighted by Gasteiger charge is 2.01. The van der Waals surface area contributed by atoms with Crippen molar-refractivity contribution in [2.45, 2.75) is 6.42 Å². The van der Waals surface area contributed by atoms with Crippen LogP contribution >= 0.6 is 23.2 Å². The molecule has 1 rings (SSSR count). The third-order valence-corrected chi connectivity index (χ3v) is 2.56. The van der Waals surface area contributed by atoms with Crippen molar-refractivity contribution >= 4 is 23.2 Å². The first-order valence-electron chi connectivity index (χ1n) is 4.87. The number of alkyl halides is 1. The largest absolute Gasteiger partial charge is 0.495 e. The molecular formula is C11H15Cl2NO. The van der Waals surface area contributed by atoms with E-state index in [0.29, 0.717) is 16.7 Å². The highest BCUT2D eigenvalue weighted by Crippen LogP contribution is 2.24. The van der Waals surface area contributed by atoms with E-state index in [9.17, 15) is 0 Å². The number of hydrogen-bond donors (Lipinski definition) is 1. The molecule has 0 atom stereocenters. The average molecular weight is 248 g/mol. The van der Waals surface area contributed by atoms with Gasteiger partial charge in [0.2, 0.25) is 0 Å². The van der Waals surface area contributed by atoms with E-state index in [1.165, 1.54) is 5.56 Å². The third kappa shape index (κ3) is 4.29. The van der Waals surface area contributed by atoms with E-state index in [0.717, 1.165) is 19.5 Å². The first kappa shape index (κ1) is 12.6. The van der Waals surface area contributed by atoms with Crippen LogP contribution in [-0.4, -0.2) is 26.1 Å². The minimum absolute atomic E-state index is 0.642. The number of hydrogen-bond acceptors (Lipinski definition) is 2.